The molecule has 0 atom stereocenters. The van der Waals surface area contributed by atoms with E-state index in [1.54, 1.807) is 11.7 Å². The molecule has 150 valence electrons. The van der Waals surface area contributed by atoms with Crippen molar-refractivity contribution in [3.8, 4) is 0 Å². The molecule has 0 saturated carbocycles. The molecule has 0 aliphatic rings. The summed E-state index contributed by atoms with van der Waals surface area (Å²) in [7, 11) is 1.78. The van der Waals surface area contributed by atoms with Crippen molar-refractivity contribution in [3.05, 3.63) is 114 Å². The molecule has 0 saturated heterocycles. The first-order chi connectivity index (χ1) is 14.6. The molecule has 0 aliphatic carbocycles. The van der Waals surface area contributed by atoms with Gasteiger partial charge in [-0.1, -0.05) is 91.0 Å². The highest BCUT2D eigenvalue weighted by atomic mass is 16.4. The standard InChI is InChI=1S/C24H22N4O2/c1-28-22(21(17-25-28)26-23(29)30)27-24(18-11-5-2-6-12-18,19-13-7-3-8-14-19)20-15-9-4-10-16-20/h2-17,26-27H,1H3,(H,29,30). The van der Waals surface area contributed by atoms with E-state index < -0.39 is 11.6 Å². The fraction of sp³-hybridized carbons (Fsp3) is 0.0833. The van der Waals surface area contributed by atoms with Crippen LogP contribution < -0.4 is 10.6 Å². The van der Waals surface area contributed by atoms with E-state index >= 15 is 0 Å². The van der Waals surface area contributed by atoms with E-state index in [0.717, 1.165) is 16.7 Å². The molecular formula is C24H22N4O2. The van der Waals surface area contributed by atoms with Crippen molar-refractivity contribution >= 4 is 17.6 Å². The third-order valence-corrected chi connectivity index (χ3v) is 5.11. The van der Waals surface area contributed by atoms with Crippen LogP contribution in [0.4, 0.5) is 16.3 Å². The molecular weight excluding hydrogens is 376 g/mol. The molecule has 0 unspecified atom stereocenters. The van der Waals surface area contributed by atoms with Crippen LogP contribution in [0.2, 0.25) is 0 Å². The molecule has 4 rings (SSSR count). The quantitative estimate of drug-likeness (QED) is 0.403. The van der Waals surface area contributed by atoms with Crippen molar-refractivity contribution in [2.24, 2.45) is 7.05 Å². The molecule has 0 aliphatic heterocycles. The van der Waals surface area contributed by atoms with Gasteiger partial charge < -0.3 is 10.4 Å². The van der Waals surface area contributed by atoms with Crippen molar-refractivity contribution < 1.29 is 9.90 Å². The number of amides is 1. The van der Waals surface area contributed by atoms with Crippen molar-refractivity contribution in [1.29, 1.82) is 0 Å². The number of anilines is 2. The minimum atomic E-state index is -1.14. The number of nitrogens with zero attached hydrogens (tertiary/aromatic N) is 2. The Morgan fingerprint density at radius 1 is 0.833 bits per heavy atom. The molecule has 0 radical (unpaired) electrons. The van der Waals surface area contributed by atoms with Gasteiger partial charge in [0.15, 0.2) is 0 Å². The van der Waals surface area contributed by atoms with E-state index in [4.69, 9.17) is 0 Å². The van der Waals surface area contributed by atoms with E-state index in [0.29, 0.717) is 11.5 Å². The third-order valence-electron chi connectivity index (χ3n) is 5.11. The third kappa shape index (κ3) is 3.51. The molecule has 1 amide bonds. The lowest BCUT2D eigenvalue weighted by molar-refractivity contribution is 0.210. The average Bonchev–Trinajstić information content (AvgIpc) is 3.12. The fourth-order valence-corrected chi connectivity index (χ4v) is 3.75. The average molecular weight is 398 g/mol. The van der Waals surface area contributed by atoms with Crippen LogP contribution >= 0.6 is 0 Å². The summed E-state index contributed by atoms with van der Waals surface area (Å²) in [5.41, 5.74) is 2.67. The zero-order valence-electron chi connectivity index (χ0n) is 16.5. The van der Waals surface area contributed by atoms with E-state index in [9.17, 15) is 9.90 Å². The molecule has 30 heavy (non-hydrogen) atoms. The normalized spacial score (nSPS) is 11.1. The highest BCUT2D eigenvalue weighted by Gasteiger charge is 2.37. The first-order valence-electron chi connectivity index (χ1n) is 9.58. The molecule has 6 heteroatoms. The Morgan fingerprint density at radius 2 is 1.27 bits per heavy atom. The van der Waals surface area contributed by atoms with Gasteiger partial charge in [-0.25, -0.2) is 4.79 Å². The first-order valence-corrected chi connectivity index (χ1v) is 9.58. The highest BCUT2D eigenvalue weighted by Crippen LogP contribution is 2.41. The fourth-order valence-electron chi connectivity index (χ4n) is 3.75. The van der Waals surface area contributed by atoms with E-state index in [2.05, 4.69) is 52.1 Å². The Morgan fingerprint density at radius 3 is 1.67 bits per heavy atom. The minimum Gasteiger partial charge on any atom is -0.465 e. The Hall–Kier alpha value is -4.06. The number of benzene rings is 3. The Labute approximate surface area is 174 Å². The van der Waals surface area contributed by atoms with Crippen LogP contribution in [0.5, 0.6) is 0 Å². The van der Waals surface area contributed by atoms with Gasteiger partial charge in [-0.15, -0.1) is 0 Å². The highest BCUT2D eigenvalue weighted by molar-refractivity contribution is 5.87. The number of rotatable bonds is 6. The lowest BCUT2D eigenvalue weighted by Crippen LogP contribution is -2.39. The molecule has 3 aromatic carbocycles. The molecule has 3 N–H and O–H groups in total. The minimum absolute atomic E-state index is 0.386. The van der Waals surface area contributed by atoms with Gasteiger partial charge in [-0.2, -0.15) is 5.10 Å². The molecule has 0 spiro atoms. The lowest BCUT2D eigenvalue weighted by Gasteiger charge is -2.38. The molecule has 0 bridgehead atoms. The number of aryl methyl sites for hydroxylation is 1. The van der Waals surface area contributed by atoms with Crippen LogP contribution in [0.1, 0.15) is 16.7 Å². The van der Waals surface area contributed by atoms with Crippen molar-refractivity contribution in [3.63, 3.8) is 0 Å². The smallest absolute Gasteiger partial charge is 0.409 e. The predicted octanol–water partition coefficient (Wildman–Crippen LogP) is 4.91. The van der Waals surface area contributed by atoms with Crippen molar-refractivity contribution in [1.82, 2.24) is 9.78 Å². The van der Waals surface area contributed by atoms with E-state index in [1.165, 1.54) is 6.20 Å². The number of hydrogen-bond acceptors (Lipinski definition) is 3. The van der Waals surface area contributed by atoms with Crippen LogP contribution in [0.25, 0.3) is 0 Å². The summed E-state index contributed by atoms with van der Waals surface area (Å²) in [4.78, 5) is 11.3. The maximum atomic E-state index is 11.3. The molecule has 1 aromatic heterocycles. The number of hydrogen-bond donors (Lipinski definition) is 3. The second-order valence-corrected chi connectivity index (χ2v) is 6.93. The number of carbonyl (C=O) groups is 1. The van der Waals surface area contributed by atoms with Gasteiger partial charge in [0.25, 0.3) is 0 Å². The Balaban J connectivity index is 1.99. The zero-order valence-corrected chi connectivity index (χ0v) is 16.5. The summed E-state index contributed by atoms with van der Waals surface area (Å²) in [5, 5.41) is 19.6. The summed E-state index contributed by atoms with van der Waals surface area (Å²) in [6, 6.07) is 30.3. The molecule has 0 fully saturated rings. The molecule has 6 nitrogen and oxygen atoms in total. The van der Waals surface area contributed by atoms with Gasteiger partial charge in [-0.05, 0) is 16.7 Å². The summed E-state index contributed by atoms with van der Waals surface area (Å²) in [5.74, 6) is 0.564. The second kappa shape index (κ2) is 8.13. The number of nitrogens with one attached hydrogen (secondary N) is 2. The van der Waals surface area contributed by atoms with Crippen molar-refractivity contribution in [2.45, 2.75) is 5.54 Å². The largest absolute Gasteiger partial charge is 0.465 e. The van der Waals surface area contributed by atoms with E-state index in [-0.39, 0.29) is 0 Å². The van der Waals surface area contributed by atoms with Crippen LogP contribution in [0.15, 0.2) is 97.2 Å². The summed E-state index contributed by atoms with van der Waals surface area (Å²) in [6.07, 6.45) is 0.359. The van der Waals surface area contributed by atoms with Crippen LogP contribution in [-0.2, 0) is 12.6 Å². The van der Waals surface area contributed by atoms with E-state index in [1.807, 2.05) is 54.6 Å². The summed E-state index contributed by atoms with van der Waals surface area (Å²) >= 11 is 0. The van der Waals surface area contributed by atoms with Gasteiger partial charge in [-0.3, -0.25) is 10.00 Å². The van der Waals surface area contributed by atoms with Gasteiger partial charge in [0.1, 0.15) is 17.0 Å². The number of carboxylic acid groups (broad SMARTS) is 1. The molecule has 4 aromatic rings. The number of aromatic nitrogens is 2. The van der Waals surface area contributed by atoms with Crippen LogP contribution in [0.3, 0.4) is 0 Å². The topological polar surface area (TPSA) is 79.2 Å². The Kier molecular flexibility index (Phi) is 5.22. The molecule has 1 heterocycles. The lowest BCUT2D eigenvalue weighted by atomic mass is 9.77. The predicted molar refractivity (Wildman–Crippen MR) is 118 cm³/mol. The van der Waals surface area contributed by atoms with Crippen LogP contribution in [0, 0.1) is 0 Å². The second-order valence-electron chi connectivity index (χ2n) is 6.93. The van der Waals surface area contributed by atoms with Crippen molar-refractivity contribution in [2.75, 3.05) is 10.6 Å². The first kappa shape index (κ1) is 19.3. The Bertz CT molecular complexity index is 1030. The van der Waals surface area contributed by atoms with Gasteiger partial charge in [0.05, 0.1) is 6.20 Å². The SMILES string of the molecule is Cn1ncc(NC(=O)O)c1NC(c1ccccc1)(c1ccccc1)c1ccccc1. The monoisotopic (exact) mass is 398 g/mol. The maximum Gasteiger partial charge on any atom is 0.409 e. The van der Waals surface area contributed by atoms with Gasteiger partial charge >= 0.3 is 6.09 Å². The summed E-state index contributed by atoms with van der Waals surface area (Å²) in [6.45, 7) is 0. The zero-order chi connectivity index (χ0) is 21.0. The van der Waals surface area contributed by atoms with Gasteiger partial charge in [0, 0.05) is 7.05 Å². The summed E-state index contributed by atoms with van der Waals surface area (Å²) < 4.78 is 1.63. The van der Waals surface area contributed by atoms with Crippen LogP contribution in [-0.4, -0.2) is 21.0 Å². The van der Waals surface area contributed by atoms with Gasteiger partial charge in [0.2, 0.25) is 0 Å². The maximum absolute atomic E-state index is 11.3.